The van der Waals surface area contributed by atoms with Gasteiger partial charge in [-0.15, -0.1) is 11.3 Å². The summed E-state index contributed by atoms with van der Waals surface area (Å²) < 4.78 is 0. The molecule has 0 aliphatic carbocycles. The quantitative estimate of drug-likeness (QED) is 0.598. The number of aromatic hydroxyl groups is 1. The first-order valence-electron chi connectivity index (χ1n) is 7.83. The molecular weight excluding hydrogens is 370 g/mol. The first-order chi connectivity index (χ1) is 12.5. The number of hydrogen-bond acceptors (Lipinski definition) is 5. The molecule has 0 unspecified atom stereocenters. The molecule has 0 spiro atoms. The minimum Gasteiger partial charge on any atom is -0.510 e. The molecular formula is C19H14ClN3O2S. The Hall–Kier alpha value is -2.83. The second-order valence-corrected chi connectivity index (χ2v) is 7.08. The number of phenolic OH excluding ortho intramolecular Hbond substituents is 1. The number of aliphatic hydroxyl groups excluding tert-OH is 1. The van der Waals surface area contributed by atoms with Crippen molar-refractivity contribution in [2.24, 2.45) is 0 Å². The number of halogens is 1. The third-order valence-electron chi connectivity index (χ3n) is 4.13. The van der Waals surface area contributed by atoms with Gasteiger partial charge in [0, 0.05) is 16.0 Å². The summed E-state index contributed by atoms with van der Waals surface area (Å²) in [4.78, 5) is 6.13. The third-order valence-corrected chi connectivity index (χ3v) is 5.25. The smallest absolute Gasteiger partial charge is 0.139 e. The van der Waals surface area contributed by atoms with E-state index in [1.54, 1.807) is 41.3 Å². The van der Waals surface area contributed by atoms with Gasteiger partial charge in [0.1, 0.15) is 22.4 Å². The van der Waals surface area contributed by atoms with Crippen LogP contribution in [0.15, 0.2) is 59.7 Å². The Morgan fingerprint density at radius 2 is 1.81 bits per heavy atom. The molecule has 0 radical (unpaired) electrons. The number of para-hydroxylation sites is 2. The van der Waals surface area contributed by atoms with Gasteiger partial charge in [0.2, 0.25) is 0 Å². The van der Waals surface area contributed by atoms with E-state index in [2.05, 4.69) is 4.98 Å². The summed E-state index contributed by atoms with van der Waals surface area (Å²) in [6.07, 6.45) is 0. The first-order valence-corrected chi connectivity index (χ1v) is 9.09. The highest BCUT2D eigenvalue weighted by Gasteiger charge is 2.32. The van der Waals surface area contributed by atoms with E-state index in [0.29, 0.717) is 21.3 Å². The average molecular weight is 384 g/mol. The Labute approximate surface area is 159 Å². The van der Waals surface area contributed by atoms with Crippen molar-refractivity contribution in [3.05, 3.63) is 69.7 Å². The summed E-state index contributed by atoms with van der Waals surface area (Å²) in [7, 11) is 0. The van der Waals surface area contributed by atoms with Gasteiger partial charge in [0.05, 0.1) is 23.5 Å². The standard InChI is InChI=1S/C19H14ClN3O2S/c20-12-7-5-11(6-8-12)13-10-26-19(22-13)17-16(25)9-23(18(17)21)14-3-1-2-4-15(14)24/h1-8,10,21,24-25H,9H2. The van der Waals surface area contributed by atoms with Crippen LogP contribution in [-0.2, 0) is 0 Å². The SMILES string of the molecule is N=C1C(c2nc(-c3ccc(Cl)cc3)cs2)=C(O)CN1c1ccccc1O. The van der Waals surface area contributed by atoms with E-state index in [9.17, 15) is 10.2 Å². The molecule has 3 N–H and O–H groups in total. The van der Waals surface area contributed by atoms with Crippen LogP contribution < -0.4 is 4.90 Å². The molecule has 1 aromatic heterocycles. The summed E-state index contributed by atoms with van der Waals surface area (Å²) in [5.74, 6) is 0.239. The van der Waals surface area contributed by atoms with E-state index < -0.39 is 0 Å². The third kappa shape index (κ3) is 2.83. The molecule has 0 bridgehead atoms. The van der Waals surface area contributed by atoms with Gasteiger partial charge in [-0.25, -0.2) is 4.98 Å². The highest BCUT2D eigenvalue weighted by molar-refractivity contribution is 7.11. The highest BCUT2D eigenvalue weighted by Crippen LogP contribution is 2.37. The van der Waals surface area contributed by atoms with Gasteiger partial charge in [-0.3, -0.25) is 5.41 Å². The molecule has 26 heavy (non-hydrogen) atoms. The summed E-state index contributed by atoms with van der Waals surface area (Å²) in [6.45, 7) is 0.127. The molecule has 2 heterocycles. The number of nitrogens with one attached hydrogen (secondary N) is 1. The van der Waals surface area contributed by atoms with Crippen molar-refractivity contribution in [1.29, 1.82) is 5.41 Å². The Balaban J connectivity index is 1.66. The normalized spacial score (nSPS) is 14.3. The lowest BCUT2D eigenvalue weighted by Gasteiger charge is -2.19. The number of nitrogens with zero attached hydrogens (tertiary/aromatic N) is 2. The predicted octanol–water partition coefficient (Wildman–Crippen LogP) is 4.94. The van der Waals surface area contributed by atoms with E-state index in [-0.39, 0.29) is 23.9 Å². The van der Waals surface area contributed by atoms with Crippen molar-refractivity contribution in [3.63, 3.8) is 0 Å². The van der Waals surface area contributed by atoms with Crippen molar-refractivity contribution in [2.45, 2.75) is 0 Å². The molecule has 130 valence electrons. The van der Waals surface area contributed by atoms with E-state index in [1.807, 2.05) is 17.5 Å². The molecule has 1 aliphatic rings. The molecule has 4 rings (SSSR count). The van der Waals surface area contributed by atoms with Crippen molar-refractivity contribution in [3.8, 4) is 17.0 Å². The molecule has 0 fully saturated rings. The van der Waals surface area contributed by atoms with Gasteiger partial charge in [-0.05, 0) is 24.3 Å². The number of aliphatic hydroxyl groups is 1. The van der Waals surface area contributed by atoms with Crippen molar-refractivity contribution < 1.29 is 10.2 Å². The van der Waals surface area contributed by atoms with Crippen LogP contribution in [0.1, 0.15) is 5.01 Å². The Kier molecular flexibility index (Phi) is 4.14. The van der Waals surface area contributed by atoms with Crippen LogP contribution in [0.5, 0.6) is 5.75 Å². The topological polar surface area (TPSA) is 80.4 Å². The second-order valence-electron chi connectivity index (χ2n) is 5.79. The fraction of sp³-hybridized carbons (Fsp3) is 0.0526. The molecule has 0 saturated carbocycles. The van der Waals surface area contributed by atoms with Gasteiger partial charge in [-0.2, -0.15) is 0 Å². The van der Waals surface area contributed by atoms with E-state index in [1.165, 1.54) is 11.3 Å². The number of hydrogen-bond donors (Lipinski definition) is 3. The summed E-state index contributed by atoms with van der Waals surface area (Å²) >= 11 is 7.28. The van der Waals surface area contributed by atoms with Crippen LogP contribution in [0.3, 0.4) is 0 Å². The summed E-state index contributed by atoms with van der Waals surface area (Å²) in [6, 6.07) is 14.1. The Bertz CT molecular complexity index is 1030. The van der Waals surface area contributed by atoms with E-state index in [0.717, 1.165) is 11.3 Å². The molecule has 0 atom stereocenters. The van der Waals surface area contributed by atoms with Gasteiger partial charge >= 0.3 is 0 Å². The fourth-order valence-corrected chi connectivity index (χ4v) is 3.87. The minimum absolute atomic E-state index is 0.0623. The van der Waals surface area contributed by atoms with Crippen LogP contribution in [0, 0.1) is 5.41 Å². The van der Waals surface area contributed by atoms with Crippen LogP contribution in [0.25, 0.3) is 16.8 Å². The zero-order valence-corrected chi connectivity index (χ0v) is 15.1. The lowest BCUT2D eigenvalue weighted by molar-refractivity contribution is 0.411. The van der Waals surface area contributed by atoms with Crippen LogP contribution in [-0.4, -0.2) is 27.6 Å². The minimum atomic E-state index is 0.0623. The monoisotopic (exact) mass is 383 g/mol. The van der Waals surface area contributed by atoms with Crippen molar-refractivity contribution >= 4 is 40.0 Å². The molecule has 2 aromatic carbocycles. The zero-order chi connectivity index (χ0) is 18.3. The maximum atomic E-state index is 10.4. The van der Waals surface area contributed by atoms with Crippen molar-refractivity contribution in [1.82, 2.24) is 4.98 Å². The summed E-state index contributed by atoms with van der Waals surface area (Å²) in [5.41, 5.74) is 2.54. The van der Waals surface area contributed by atoms with Gasteiger partial charge < -0.3 is 15.1 Å². The van der Waals surface area contributed by atoms with Crippen LogP contribution in [0.2, 0.25) is 5.02 Å². The lowest BCUT2D eigenvalue weighted by Crippen LogP contribution is -2.26. The highest BCUT2D eigenvalue weighted by atomic mass is 35.5. The Morgan fingerprint density at radius 1 is 1.08 bits per heavy atom. The van der Waals surface area contributed by atoms with Gasteiger partial charge in [-0.1, -0.05) is 35.9 Å². The number of aromatic nitrogens is 1. The fourth-order valence-electron chi connectivity index (χ4n) is 2.84. The first kappa shape index (κ1) is 16.6. The molecule has 7 heteroatoms. The summed E-state index contributed by atoms with van der Waals surface area (Å²) in [5, 5.41) is 32.0. The van der Waals surface area contributed by atoms with Crippen LogP contribution >= 0.6 is 22.9 Å². The molecule has 5 nitrogen and oxygen atoms in total. The maximum absolute atomic E-state index is 10.4. The number of benzene rings is 2. The largest absolute Gasteiger partial charge is 0.510 e. The number of thiazole rings is 1. The maximum Gasteiger partial charge on any atom is 0.139 e. The average Bonchev–Trinajstić information content (AvgIpc) is 3.21. The van der Waals surface area contributed by atoms with Crippen molar-refractivity contribution in [2.75, 3.05) is 11.4 Å². The second kappa shape index (κ2) is 6.48. The number of amidine groups is 1. The number of phenols is 1. The van der Waals surface area contributed by atoms with Gasteiger partial charge in [0.15, 0.2) is 0 Å². The van der Waals surface area contributed by atoms with Crippen LogP contribution in [0.4, 0.5) is 5.69 Å². The van der Waals surface area contributed by atoms with E-state index in [4.69, 9.17) is 17.0 Å². The van der Waals surface area contributed by atoms with E-state index >= 15 is 0 Å². The lowest BCUT2D eigenvalue weighted by atomic mass is 10.2. The number of anilines is 1. The predicted molar refractivity (Wildman–Crippen MR) is 105 cm³/mol. The molecule has 0 saturated heterocycles. The molecule has 0 amide bonds. The molecule has 3 aromatic rings. The molecule has 1 aliphatic heterocycles. The Morgan fingerprint density at radius 3 is 2.54 bits per heavy atom. The van der Waals surface area contributed by atoms with Gasteiger partial charge in [0.25, 0.3) is 0 Å². The number of rotatable bonds is 3. The zero-order valence-electron chi connectivity index (χ0n) is 13.5.